The van der Waals surface area contributed by atoms with E-state index >= 15 is 0 Å². The molecule has 0 heterocycles. The molecular formula is C17H17BrO2S. The smallest absolute Gasteiger partial charge is 0.176 e. The van der Waals surface area contributed by atoms with Crippen molar-refractivity contribution in [2.45, 2.75) is 25.7 Å². The number of halogens is 1. The van der Waals surface area contributed by atoms with Crippen molar-refractivity contribution in [3.8, 4) is 0 Å². The van der Waals surface area contributed by atoms with Crippen LogP contribution in [0.25, 0.3) is 0 Å². The topological polar surface area (TPSA) is 34.1 Å². The van der Waals surface area contributed by atoms with Gasteiger partial charge in [-0.15, -0.1) is 0 Å². The van der Waals surface area contributed by atoms with Crippen LogP contribution >= 0.6 is 15.9 Å². The molecule has 2 aromatic rings. The fourth-order valence-electron chi connectivity index (χ4n) is 2.50. The molecule has 1 unspecified atom stereocenters. The standard InChI is InChI=1S/C17H17BrO2S/c1-11-7-12(2)17(13(3)8-11)16(19)10-21(20)15-6-4-5-14(18)9-15/h4-9H,10H2,1-3H3. The molecule has 1 atom stereocenters. The van der Waals surface area contributed by atoms with Crippen LogP contribution in [0.2, 0.25) is 0 Å². The average molecular weight is 365 g/mol. The quantitative estimate of drug-likeness (QED) is 0.755. The van der Waals surface area contributed by atoms with Crippen molar-refractivity contribution < 1.29 is 9.00 Å². The van der Waals surface area contributed by atoms with E-state index in [-0.39, 0.29) is 11.5 Å². The largest absolute Gasteiger partial charge is 0.293 e. The van der Waals surface area contributed by atoms with E-state index in [0.29, 0.717) is 10.5 Å². The van der Waals surface area contributed by atoms with E-state index in [1.807, 2.05) is 45.0 Å². The fourth-order valence-corrected chi connectivity index (χ4v) is 4.09. The van der Waals surface area contributed by atoms with Crippen molar-refractivity contribution >= 4 is 32.5 Å². The second-order valence-corrected chi connectivity index (χ2v) is 7.51. The maximum atomic E-state index is 12.5. The number of hydrogen-bond acceptors (Lipinski definition) is 2. The molecule has 0 saturated carbocycles. The summed E-state index contributed by atoms with van der Waals surface area (Å²) in [6, 6.07) is 11.2. The highest BCUT2D eigenvalue weighted by Gasteiger charge is 2.17. The monoisotopic (exact) mass is 364 g/mol. The molecule has 0 saturated heterocycles. The van der Waals surface area contributed by atoms with Crippen LogP contribution in [0.3, 0.4) is 0 Å². The molecule has 2 aromatic carbocycles. The molecule has 0 spiro atoms. The lowest BCUT2D eigenvalue weighted by Crippen LogP contribution is -2.14. The van der Waals surface area contributed by atoms with Gasteiger partial charge < -0.3 is 0 Å². The van der Waals surface area contributed by atoms with Crippen molar-refractivity contribution in [3.63, 3.8) is 0 Å². The Bertz CT molecular complexity index is 699. The highest BCUT2D eigenvalue weighted by Crippen LogP contribution is 2.19. The third kappa shape index (κ3) is 3.89. The van der Waals surface area contributed by atoms with Crippen LogP contribution in [0.5, 0.6) is 0 Å². The number of Topliss-reactive ketones (excluding diaryl/α,β-unsaturated/α-hetero) is 1. The second-order valence-electron chi connectivity index (χ2n) is 5.14. The number of hydrogen-bond donors (Lipinski definition) is 0. The number of benzene rings is 2. The molecule has 0 fully saturated rings. The van der Waals surface area contributed by atoms with Crippen molar-refractivity contribution in [2.75, 3.05) is 5.75 Å². The SMILES string of the molecule is Cc1cc(C)c(C(=O)CS(=O)c2cccc(Br)c2)c(C)c1. The Balaban J connectivity index is 2.25. The molecule has 110 valence electrons. The molecule has 0 N–H and O–H groups in total. The summed E-state index contributed by atoms with van der Waals surface area (Å²) in [4.78, 5) is 13.1. The van der Waals surface area contributed by atoms with E-state index in [2.05, 4.69) is 15.9 Å². The van der Waals surface area contributed by atoms with E-state index < -0.39 is 10.8 Å². The van der Waals surface area contributed by atoms with Gasteiger partial charge in [-0.2, -0.15) is 0 Å². The van der Waals surface area contributed by atoms with E-state index in [0.717, 1.165) is 21.2 Å². The Morgan fingerprint density at radius 3 is 2.29 bits per heavy atom. The molecule has 21 heavy (non-hydrogen) atoms. The summed E-state index contributed by atoms with van der Waals surface area (Å²) in [7, 11) is -1.33. The molecule has 0 aliphatic heterocycles. The highest BCUT2D eigenvalue weighted by atomic mass is 79.9. The van der Waals surface area contributed by atoms with Crippen LogP contribution in [0.1, 0.15) is 27.0 Å². The van der Waals surface area contributed by atoms with Crippen molar-refractivity contribution in [1.82, 2.24) is 0 Å². The molecule has 0 radical (unpaired) electrons. The first kappa shape index (κ1) is 16.1. The molecule has 0 aromatic heterocycles. The van der Waals surface area contributed by atoms with Crippen molar-refractivity contribution in [3.05, 3.63) is 63.1 Å². The summed E-state index contributed by atoms with van der Waals surface area (Å²) in [5.41, 5.74) is 3.73. The first-order valence-corrected chi connectivity index (χ1v) is 8.74. The van der Waals surface area contributed by atoms with E-state index in [9.17, 15) is 9.00 Å². The molecule has 0 amide bonds. The summed E-state index contributed by atoms with van der Waals surface area (Å²) in [5, 5.41) is 0. The van der Waals surface area contributed by atoms with Crippen LogP contribution < -0.4 is 0 Å². The lowest BCUT2D eigenvalue weighted by Gasteiger charge is -2.10. The average Bonchev–Trinajstić information content (AvgIpc) is 2.37. The molecule has 2 rings (SSSR count). The van der Waals surface area contributed by atoms with Crippen LogP contribution in [0, 0.1) is 20.8 Å². The summed E-state index contributed by atoms with van der Waals surface area (Å²) in [6.07, 6.45) is 0. The minimum Gasteiger partial charge on any atom is -0.293 e. The van der Waals surface area contributed by atoms with Gasteiger partial charge in [-0.1, -0.05) is 39.7 Å². The summed E-state index contributed by atoms with van der Waals surface area (Å²) in [6.45, 7) is 5.86. The van der Waals surface area contributed by atoms with Gasteiger partial charge in [0.05, 0.1) is 16.6 Å². The van der Waals surface area contributed by atoms with Gasteiger partial charge in [0.25, 0.3) is 0 Å². The zero-order valence-corrected chi connectivity index (χ0v) is 14.7. The van der Waals surface area contributed by atoms with Gasteiger partial charge in [-0.25, -0.2) is 0 Å². The van der Waals surface area contributed by atoms with E-state index in [1.54, 1.807) is 12.1 Å². The van der Waals surface area contributed by atoms with Gasteiger partial charge in [0, 0.05) is 14.9 Å². The number of carbonyl (C=O) groups is 1. The van der Waals surface area contributed by atoms with Crippen LogP contribution in [0.4, 0.5) is 0 Å². The van der Waals surface area contributed by atoms with Crippen LogP contribution in [0.15, 0.2) is 45.8 Å². The normalized spacial score (nSPS) is 12.2. The minimum absolute atomic E-state index is 0.0151. The lowest BCUT2D eigenvalue weighted by molar-refractivity contribution is 0.102. The Morgan fingerprint density at radius 2 is 1.71 bits per heavy atom. The predicted molar refractivity (Wildman–Crippen MR) is 90.4 cm³/mol. The number of rotatable bonds is 4. The Labute approximate surface area is 136 Å². The maximum Gasteiger partial charge on any atom is 0.176 e. The first-order valence-electron chi connectivity index (χ1n) is 6.63. The summed E-state index contributed by atoms with van der Waals surface area (Å²) < 4.78 is 13.2. The summed E-state index contributed by atoms with van der Waals surface area (Å²) >= 11 is 3.35. The fraction of sp³-hybridized carbons (Fsp3) is 0.235. The highest BCUT2D eigenvalue weighted by molar-refractivity contribution is 9.10. The van der Waals surface area contributed by atoms with E-state index in [1.165, 1.54) is 0 Å². The minimum atomic E-state index is -1.33. The van der Waals surface area contributed by atoms with E-state index in [4.69, 9.17) is 0 Å². The number of carbonyl (C=O) groups excluding carboxylic acids is 1. The van der Waals surface area contributed by atoms with Gasteiger partial charge in [0.1, 0.15) is 0 Å². The zero-order valence-electron chi connectivity index (χ0n) is 12.3. The number of aryl methyl sites for hydroxylation is 3. The Kier molecular flexibility index (Phi) is 5.12. The Hall–Kier alpha value is -1.26. The molecule has 0 aliphatic rings. The third-order valence-corrected chi connectivity index (χ3v) is 5.07. The zero-order chi connectivity index (χ0) is 15.6. The van der Waals surface area contributed by atoms with Crippen molar-refractivity contribution in [2.24, 2.45) is 0 Å². The Morgan fingerprint density at radius 1 is 1.10 bits per heavy atom. The maximum absolute atomic E-state index is 12.5. The molecule has 0 aliphatic carbocycles. The second kappa shape index (κ2) is 6.67. The van der Waals surface area contributed by atoms with Gasteiger partial charge in [0.15, 0.2) is 5.78 Å². The first-order chi connectivity index (χ1) is 9.88. The van der Waals surface area contributed by atoms with Crippen LogP contribution in [-0.2, 0) is 10.8 Å². The van der Waals surface area contributed by atoms with Gasteiger partial charge in [-0.3, -0.25) is 9.00 Å². The molecule has 2 nitrogen and oxygen atoms in total. The molecular weight excluding hydrogens is 348 g/mol. The number of ketones is 1. The summed E-state index contributed by atoms with van der Waals surface area (Å²) in [5.74, 6) is -0.0513. The van der Waals surface area contributed by atoms with Crippen molar-refractivity contribution in [1.29, 1.82) is 0 Å². The van der Waals surface area contributed by atoms with Gasteiger partial charge >= 0.3 is 0 Å². The molecule has 4 heteroatoms. The van der Waals surface area contributed by atoms with Gasteiger partial charge in [0.2, 0.25) is 0 Å². The predicted octanol–water partition coefficient (Wildman–Crippen LogP) is 4.36. The molecule has 0 bridgehead atoms. The third-order valence-electron chi connectivity index (χ3n) is 3.28. The van der Waals surface area contributed by atoms with Gasteiger partial charge in [-0.05, 0) is 50.1 Å². The lowest BCUT2D eigenvalue weighted by atomic mass is 9.97. The van der Waals surface area contributed by atoms with Crippen LogP contribution in [-0.4, -0.2) is 15.7 Å².